The van der Waals surface area contributed by atoms with Crippen molar-refractivity contribution < 1.29 is 10.2 Å². The second-order valence-corrected chi connectivity index (χ2v) is 10.4. The SMILES string of the molecule is Cc1ccc(C(c2ccc(O)c(C)c2)C2C[C@H]3C[C@H](c4ccc(O)c(C)c4)[C@@H]2C3)cc1C. The van der Waals surface area contributed by atoms with E-state index in [1.807, 2.05) is 26.0 Å². The second kappa shape index (κ2) is 7.99. The van der Waals surface area contributed by atoms with Crippen LogP contribution in [0.1, 0.15) is 70.0 Å². The summed E-state index contributed by atoms with van der Waals surface area (Å²) in [5.41, 5.74) is 8.71. The zero-order chi connectivity index (χ0) is 22.6. The van der Waals surface area contributed by atoms with E-state index in [0.29, 0.717) is 35.2 Å². The molecule has 2 nitrogen and oxygen atoms in total. The third kappa shape index (κ3) is 3.60. The first-order valence-electron chi connectivity index (χ1n) is 12.0. The fraction of sp³-hybridized carbons (Fsp3) is 0.400. The molecule has 2 N–H and O–H groups in total. The molecule has 5 rings (SSSR count). The lowest BCUT2D eigenvalue weighted by atomic mass is 9.67. The van der Waals surface area contributed by atoms with Gasteiger partial charge in [-0.15, -0.1) is 0 Å². The number of hydrogen-bond acceptors (Lipinski definition) is 2. The third-order valence-corrected chi connectivity index (χ3v) is 8.41. The van der Waals surface area contributed by atoms with E-state index >= 15 is 0 Å². The van der Waals surface area contributed by atoms with E-state index in [9.17, 15) is 10.2 Å². The summed E-state index contributed by atoms with van der Waals surface area (Å²) in [7, 11) is 0. The molecule has 3 aromatic carbocycles. The Labute approximate surface area is 192 Å². The van der Waals surface area contributed by atoms with Gasteiger partial charge in [-0.25, -0.2) is 0 Å². The number of hydrogen-bond donors (Lipinski definition) is 2. The lowest BCUT2D eigenvalue weighted by Gasteiger charge is -2.36. The average Bonchev–Trinajstić information content (AvgIpc) is 3.36. The first kappa shape index (κ1) is 21.1. The standard InChI is InChI=1S/C30H34O2/c1-17-5-6-23(11-18(17)2)30(24-8-10-29(32)20(4)13-24)27-16-21-14-25(26(27)15-21)22-7-9-28(31)19(3)12-22/h5-13,21,25-27,30-32H,14-16H2,1-4H3/t21-,25+,26-,27?,30?/m0/s1. The Bertz CT molecular complexity index is 1110. The van der Waals surface area contributed by atoms with Crippen LogP contribution in [0, 0.1) is 45.4 Å². The Morgan fingerprint density at radius 1 is 0.656 bits per heavy atom. The molecule has 5 atom stereocenters. The van der Waals surface area contributed by atoms with Gasteiger partial charge >= 0.3 is 0 Å². The van der Waals surface area contributed by atoms with Crippen LogP contribution in [-0.2, 0) is 0 Å². The molecule has 0 aromatic heterocycles. The molecule has 0 heterocycles. The molecule has 0 amide bonds. The van der Waals surface area contributed by atoms with Crippen molar-refractivity contribution in [3.8, 4) is 11.5 Å². The van der Waals surface area contributed by atoms with Crippen molar-refractivity contribution in [2.75, 3.05) is 0 Å². The molecule has 2 aliphatic carbocycles. The molecule has 2 fully saturated rings. The van der Waals surface area contributed by atoms with Crippen molar-refractivity contribution in [3.05, 3.63) is 93.5 Å². The van der Waals surface area contributed by atoms with Gasteiger partial charge < -0.3 is 10.2 Å². The molecule has 2 unspecified atom stereocenters. The first-order valence-corrected chi connectivity index (χ1v) is 12.0. The number of aromatic hydroxyl groups is 2. The van der Waals surface area contributed by atoms with Crippen LogP contribution in [-0.4, -0.2) is 10.2 Å². The van der Waals surface area contributed by atoms with Crippen LogP contribution in [0.15, 0.2) is 54.6 Å². The maximum absolute atomic E-state index is 10.2. The molecule has 166 valence electrons. The van der Waals surface area contributed by atoms with E-state index < -0.39 is 0 Å². The zero-order valence-electron chi connectivity index (χ0n) is 19.6. The Morgan fingerprint density at radius 2 is 1.28 bits per heavy atom. The highest BCUT2D eigenvalue weighted by molar-refractivity contribution is 5.44. The topological polar surface area (TPSA) is 40.5 Å². The molecule has 2 bridgehead atoms. The Balaban J connectivity index is 1.57. The summed E-state index contributed by atoms with van der Waals surface area (Å²) >= 11 is 0. The molecule has 0 spiro atoms. The second-order valence-electron chi connectivity index (χ2n) is 10.4. The van der Waals surface area contributed by atoms with E-state index in [-0.39, 0.29) is 0 Å². The normalized spacial score (nSPS) is 25.2. The summed E-state index contributed by atoms with van der Waals surface area (Å²) in [6.45, 7) is 8.39. The van der Waals surface area contributed by atoms with Gasteiger partial charge in [0.25, 0.3) is 0 Å². The predicted octanol–water partition coefficient (Wildman–Crippen LogP) is 7.29. The average molecular weight is 427 g/mol. The fourth-order valence-corrected chi connectivity index (χ4v) is 6.60. The molecule has 32 heavy (non-hydrogen) atoms. The molecule has 2 heteroatoms. The summed E-state index contributed by atoms with van der Waals surface area (Å²) in [5.74, 6) is 3.66. The summed E-state index contributed by atoms with van der Waals surface area (Å²) in [4.78, 5) is 0. The Hall–Kier alpha value is -2.74. The molecule has 0 radical (unpaired) electrons. The van der Waals surface area contributed by atoms with Gasteiger partial charge in [-0.05, 0) is 122 Å². The monoisotopic (exact) mass is 426 g/mol. The van der Waals surface area contributed by atoms with Crippen molar-refractivity contribution in [1.29, 1.82) is 0 Å². The van der Waals surface area contributed by atoms with Gasteiger partial charge in [0, 0.05) is 5.92 Å². The molecular weight excluding hydrogens is 392 g/mol. The highest BCUT2D eigenvalue weighted by Crippen LogP contribution is 2.60. The molecule has 0 aliphatic heterocycles. The first-order chi connectivity index (χ1) is 15.3. The van der Waals surface area contributed by atoms with Crippen LogP contribution in [0.5, 0.6) is 11.5 Å². The van der Waals surface area contributed by atoms with Crippen molar-refractivity contribution >= 4 is 0 Å². The van der Waals surface area contributed by atoms with Crippen molar-refractivity contribution in [2.45, 2.75) is 58.8 Å². The van der Waals surface area contributed by atoms with E-state index in [1.54, 1.807) is 0 Å². The number of phenols is 2. The highest BCUT2D eigenvalue weighted by atomic mass is 16.3. The molecule has 2 saturated carbocycles. The van der Waals surface area contributed by atoms with E-state index in [2.05, 4.69) is 56.3 Å². The molecular formula is C30H34O2. The minimum atomic E-state index is 0.338. The third-order valence-electron chi connectivity index (χ3n) is 8.41. The van der Waals surface area contributed by atoms with E-state index in [1.165, 1.54) is 47.1 Å². The van der Waals surface area contributed by atoms with Crippen LogP contribution in [0.25, 0.3) is 0 Å². The number of rotatable bonds is 4. The van der Waals surface area contributed by atoms with Crippen LogP contribution in [0.3, 0.4) is 0 Å². The maximum atomic E-state index is 10.2. The lowest BCUT2D eigenvalue weighted by Crippen LogP contribution is -2.25. The summed E-state index contributed by atoms with van der Waals surface area (Å²) in [5, 5.41) is 20.2. The van der Waals surface area contributed by atoms with Crippen LogP contribution in [0.4, 0.5) is 0 Å². The van der Waals surface area contributed by atoms with Crippen molar-refractivity contribution in [2.24, 2.45) is 17.8 Å². The number of phenolic OH excluding ortho intramolecular Hbond substituents is 2. The summed E-state index contributed by atoms with van der Waals surface area (Å²) in [6, 6.07) is 19.4. The smallest absolute Gasteiger partial charge is 0.118 e. The quantitative estimate of drug-likeness (QED) is 0.460. The van der Waals surface area contributed by atoms with Crippen LogP contribution >= 0.6 is 0 Å². The van der Waals surface area contributed by atoms with Gasteiger partial charge in [-0.3, -0.25) is 0 Å². The summed E-state index contributed by atoms with van der Waals surface area (Å²) in [6.07, 6.45) is 3.84. The highest BCUT2D eigenvalue weighted by Gasteiger charge is 2.49. The Kier molecular flexibility index (Phi) is 5.28. The molecule has 2 aliphatic rings. The van der Waals surface area contributed by atoms with Gasteiger partial charge in [-0.2, -0.15) is 0 Å². The van der Waals surface area contributed by atoms with Gasteiger partial charge in [-0.1, -0.05) is 42.5 Å². The van der Waals surface area contributed by atoms with Gasteiger partial charge in [0.1, 0.15) is 11.5 Å². The minimum absolute atomic E-state index is 0.338. The zero-order valence-corrected chi connectivity index (χ0v) is 19.6. The van der Waals surface area contributed by atoms with E-state index in [0.717, 1.165) is 17.0 Å². The fourth-order valence-electron chi connectivity index (χ4n) is 6.60. The Morgan fingerprint density at radius 3 is 1.91 bits per heavy atom. The molecule has 3 aromatic rings. The van der Waals surface area contributed by atoms with Crippen molar-refractivity contribution in [1.82, 2.24) is 0 Å². The predicted molar refractivity (Wildman–Crippen MR) is 131 cm³/mol. The number of aryl methyl sites for hydroxylation is 4. The van der Waals surface area contributed by atoms with Gasteiger partial charge in [0.2, 0.25) is 0 Å². The molecule has 0 saturated heterocycles. The van der Waals surface area contributed by atoms with Crippen molar-refractivity contribution in [3.63, 3.8) is 0 Å². The van der Waals surface area contributed by atoms with Crippen LogP contribution < -0.4 is 0 Å². The minimum Gasteiger partial charge on any atom is -0.508 e. The van der Waals surface area contributed by atoms with Gasteiger partial charge in [0.05, 0.1) is 0 Å². The number of fused-ring (bicyclic) bond motifs is 2. The van der Waals surface area contributed by atoms with Gasteiger partial charge in [0.15, 0.2) is 0 Å². The van der Waals surface area contributed by atoms with Crippen LogP contribution in [0.2, 0.25) is 0 Å². The van der Waals surface area contributed by atoms with E-state index in [4.69, 9.17) is 0 Å². The maximum Gasteiger partial charge on any atom is 0.118 e. The number of benzene rings is 3. The largest absolute Gasteiger partial charge is 0.508 e. The summed E-state index contributed by atoms with van der Waals surface area (Å²) < 4.78 is 0. The lowest BCUT2D eigenvalue weighted by molar-refractivity contribution is 0.269.